The largest absolute Gasteiger partial charge is 0.496 e. The summed E-state index contributed by atoms with van der Waals surface area (Å²) in [4.78, 5) is 18.0. The molecule has 3 heterocycles. The number of hydrogen-bond acceptors (Lipinski definition) is 5. The summed E-state index contributed by atoms with van der Waals surface area (Å²) >= 11 is 0. The Labute approximate surface area is 137 Å². The molecule has 1 atom stereocenters. The molecule has 23 heavy (non-hydrogen) atoms. The Kier molecular flexibility index (Phi) is 4.70. The summed E-state index contributed by atoms with van der Waals surface area (Å²) in [7, 11) is -0.340. The zero-order valence-corrected chi connectivity index (χ0v) is 14.0. The predicted octanol–water partition coefficient (Wildman–Crippen LogP) is -0.0350. The minimum absolute atomic E-state index is 0.0532. The van der Waals surface area contributed by atoms with Gasteiger partial charge in [-0.25, -0.2) is 0 Å². The van der Waals surface area contributed by atoms with Gasteiger partial charge in [-0.3, -0.25) is 14.7 Å². The zero-order chi connectivity index (χ0) is 16.4. The summed E-state index contributed by atoms with van der Waals surface area (Å²) < 4.78 is 11.8. The first kappa shape index (κ1) is 16.4. The lowest BCUT2D eigenvalue weighted by Gasteiger charge is -2.26. The van der Waals surface area contributed by atoms with Crippen LogP contribution in [0, 0.1) is 0 Å². The summed E-state index contributed by atoms with van der Waals surface area (Å²) in [5.74, 6) is 0.104. The van der Waals surface area contributed by atoms with Crippen molar-refractivity contribution in [2.45, 2.75) is 38.9 Å². The molecule has 7 heteroatoms. The molecule has 1 unspecified atom stereocenters. The van der Waals surface area contributed by atoms with Crippen LogP contribution in [0.15, 0.2) is 18.3 Å². The van der Waals surface area contributed by atoms with Crippen LogP contribution in [0.1, 0.15) is 26.5 Å². The number of carbonyl (C=O) groups excluding carboxylic acids is 1. The Morgan fingerprint density at radius 3 is 2.91 bits per heavy atom. The van der Waals surface area contributed by atoms with E-state index in [0.29, 0.717) is 6.54 Å². The number of piperazine rings is 1. The van der Waals surface area contributed by atoms with Crippen molar-refractivity contribution in [3.8, 4) is 0 Å². The molecule has 2 fully saturated rings. The lowest BCUT2D eigenvalue weighted by Crippen LogP contribution is -2.48. The highest BCUT2D eigenvalue weighted by Crippen LogP contribution is 2.26. The third-order valence-electron chi connectivity index (χ3n) is 4.64. The monoisotopic (exact) mass is 317 g/mol. The SMILES string of the molecule is CC1OB(c2ccc(CCN3CCNC(=O)C3)nc2)OC1(C)C. The molecule has 1 aromatic heterocycles. The highest BCUT2D eigenvalue weighted by Gasteiger charge is 2.43. The first-order valence-electron chi connectivity index (χ1n) is 8.21. The lowest BCUT2D eigenvalue weighted by atomic mass is 9.80. The van der Waals surface area contributed by atoms with E-state index in [0.717, 1.165) is 37.2 Å². The van der Waals surface area contributed by atoms with Crippen molar-refractivity contribution < 1.29 is 14.1 Å². The Morgan fingerprint density at radius 2 is 2.30 bits per heavy atom. The summed E-state index contributed by atoms with van der Waals surface area (Å²) in [6, 6.07) is 4.03. The molecule has 6 nitrogen and oxygen atoms in total. The van der Waals surface area contributed by atoms with Gasteiger partial charge in [0.05, 0.1) is 18.2 Å². The zero-order valence-electron chi connectivity index (χ0n) is 14.0. The molecule has 0 saturated carbocycles. The van der Waals surface area contributed by atoms with Crippen LogP contribution in [0.25, 0.3) is 0 Å². The molecule has 0 radical (unpaired) electrons. The first-order valence-corrected chi connectivity index (χ1v) is 8.21. The van der Waals surface area contributed by atoms with E-state index >= 15 is 0 Å². The Balaban J connectivity index is 1.54. The number of nitrogens with one attached hydrogen (secondary N) is 1. The summed E-state index contributed by atoms with van der Waals surface area (Å²) in [5.41, 5.74) is 1.69. The van der Waals surface area contributed by atoms with Crippen LogP contribution in [0.2, 0.25) is 0 Å². The second-order valence-electron chi connectivity index (χ2n) is 6.79. The average Bonchev–Trinajstić information content (AvgIpc) is 2.79. The number of pyridine rings is 1. The molecule has 0 spiro atoms. The molecule has 0 bridgehead atoms. The van der Waals surface area contributed by atoms with E-state index in [1.165, 1.54) is 0 Å². The van der Waals surface area contributed by atoms with Crippen LogP contribution in [0.5, 0.6) is 0 Å². The fourth-order valence-electron chi connectivity index (χ4n) is 2.77. The van der Waals surface area contributed by atoms with Gasteiger partial charge in [0, 0.05) is 43.4 Å². The number of rotatable bonds is 4. The first-order chi connectivity index (χ1) is 10.9. The fraction of sp³-hybridized carbons (Fsp3) is 0.625. The molecule has 2 aliphatic heterocycles. The number of nitrogens with zero attached hydrogens (tertiary/aromatic N) is 2. The van der Waals surface area contributed by atoms with E-state index in [4.69, 9.17) is 9.31 Å². The van der Waals surface area contributed by atoms with Gasteiger partial charge in [0.1, 0.15) is 0 Å². The average molecular weight is 317 g/mol. The second kappa shape index (κ2) is 6.59. The van der Waals surface area contributed by atoms with Crippen molar-refractivity contribution in [1.82, 2.24) is 15.2 Å². The number of aromatic nitrogens is 1. The van der Waals surface area contributed by atoms with E-state index < -0.39 is 0 Å². The Morgan fingerprint density at radius 1 is 1.48 bits per heavy atom. The minimum atomic E-state index is -0.340. The van der Waals surface area contributed by atoms with Gasteiger partial charge in [0.15, 0.2) is 0 Å². The second-order valence-corrected chi connectivity index (χ2v) is 6.79. The highest BCUT2D eigenvalue weighted by molar-refractivity contribution is 6.61. The van der Waals surface area contributed by atoms with Crippen LogP contribution in [-0.4, -0.2) is 60.8 Å². The molecule has 0 aliphatic carbocycles. The third kappa shape index (κ3) is 3.91. The maximum absolute atomic E-state index is 11.4. The number of amides is 1. The molecule has 2 aliphatic rings. The van der Waals surface area contributed by atoms with Crippen molar-refractivity contribution in [2.24, 2.45) is 0 Å². The molecule has 1 amide bonds. The quantitative estimate of drug-likeness (QED) is 0.790. The standard InChI is InChI=1S/C16H24BN3O3/c1-12-16(2,3)23-17(22-12)13-4-5-14(19-10-13)6-8-20-9-7-18-15(21)11-20/h4-5,10,12H,6-9,11H2,1-3H3,(H,18,21). The molecule has 1 aromatic rings. The number of hydrogen-bond donors (Lipinski definition) is 1. The van der Waals surface area contributed by atoms with E-state index in [9.17, 15) is 4.79 Å². The van der Waals surface area contributed by atoms with Crippen molar-refractivity contribution in [3.63, 3.8) is 0 Å². The van der Waals surface area contributed by atoms with Crippen molar-refractivity contribution >= 4 is 18.5 Å². The Bertz CT molecular complexity index is 564. The van der Waals surface area contributed by atoms with Gasteiger partial charge in [-0.15, -0.1) is 0 Å². The molecule has 3 rings (SSSR count). The maximum Gasteiger partial charge on any atom is 0.496 e. The van der Waals surface area contributed by atoms with Crippen molar-refractivity contribution in [3.05, 3.63) is 24.0 Å². The van der Waals surface area contributed by atoms with Gasteiger partial charge < -0.3 is 14.6 Å². The van der Waals surface area contributed by atoms with E-state index in [-0.39, 0.29) is 24.7 Å². The van der Waals surface area contributed by atoms with Gasteiger partial charge in [-0.1, -0.05) is 6.07 Å². The van der Waals surface area contributed by atoms with Crippen LogP contribution < -0.4 is 10.8 Å². The van der Waals surface area contributed by atoms with Crippen LogP contribution in [0.3, 0.4) is 0 Å². The lowest BCUT2D eigenvalue weighted by molar-refractivity contribution is -0.124. The minimum Gasteiger partial charge on any atom is -0.402 e. The summed E-state index contributed by atoms with van der Waals surface area (Å²) in [6.45, 7) is 9.06. The third-order valence-corrected chi connectivity index (χ3v) is 4.64. The van der Waals surface area contributed by atoms with Gasteiger partial charge >= 0.3 is 7.12 Å². The van der Waals surface area contributed by atoms with Gasteiger partial charge in [-0.05, 0) is 26.8 Å². The summed E-state index contributed by atoms with van der Waals surface area (Å²) in [6.07, 6.45) is 2.72. The van der Waals surface area contributed by atoms with Gasteiger partial charge in [-0.2, -0.15) is 0 Å². The maximum atomic E-state index is 11.4. The topological polar surface area (TPSA) is 63.7 Å². The summed E-state index contributed by atoms with van der Waals surface area (Å²) in [5, 5.41) is 2.83. The van der Waals surface area contributed by atoms with E-state index in [2.05, 4.69) is 15.2 Å². The van der Waals surface area contributed by atoms with Crippen molar-refractivity contribution in [1.29, 1.82) is 0 Å². The van der Waals surface area contributed by atoms with Crippen molar-refractivity contribution in [2.75, 3.05) is 26.2 Å². The molecule has 1 N–H and O–H groups in total. The highest BCUT2D eigenvalue weighted by atomic mass is 16.7. The smallest absolute Gasteiger partial charge is 0.402 e. The fourth-order valence-corrected chi connectivity index (χ4v) is 2.77. The van der Waals surface area contributed by atoms with Gasteiger partial charge in [0.2, 0.25) is 5.91 Å². The van der Waals surface area contributed by atoms with Crippen LogP contribution >= 0.6 is 0 Å². The Hall–Kier alpha value is -1.44. The molecule has 124 valence electrons. The van der Waals surface area contributed by atoms with Crippen LogP contribution in [0.4, 0.5) is 0 Å². The van der Waals surface area contributed by atoms with E-state index in [1.807, 2.05) is 39.1 Å². The normalized spacial score (nSPS) is 24.7. The molecular formula is C16H24BN3O3. The predicted molar refractivity (Wildman–Crippen MR) is 88.5 cm³/mol. The van der Waals surface area contributed by atoms with Gasteiger partial charge in [0.25, 0.3) is 0 Å². The number of carbonyl (C=O) groups is 1. The molecule has 2 saturated heterocycles. The van der Waals surface area contributed by atoms with E-state index in [1.54, 1.807) is 0 Å². The molecule has 0 aromatic carbocycles. The molecular weight excluding hydrogens is 293 g/mol. The van der Waals surface area contributed by atoms with Crippen LogP contribution in [-0.2, 0) is 20.5 Å².